The second-order valence-electron chi connectivity index (χ2n) is 7.78. The van der Waals surface area contributed by atoms with Crippen molar-refractivity contribution in [3.05, 3.63) is 63.9 Å². The van der Waals surface area contributed by atoms with Crippen LogP contribution in [-0.4, -0.2) is 5.97 Å². The number of anilines is 1. The van der Waals surface area contributed by atoms with Gasteiger partial charge < -0.3 is 15.2 Å². The van der Waals surface area contributed by atoms with Gasteiger partial charge in [-0.05, 0) is 78.3 Å². The van der Waals surface area contributed by atoms with E-state index in [9.17, 15) is 14.3 Å². The van der Waals surface area contributed by atoms with E-state index >= 15 is 0 Å². The first-order valence-corrected chi connectivity index (χ1v) is 9.48. The van der Waals surface area contributed by atoms with Crippen molar-refractivity contribution in [2.45, 2.75) is 31.2 Å². The van der Waals surface area contributed by atoms with Crippen LogP contribution in [0.5, 0.6) is 0 Å². The van der Waals surface area contributed by atoms with Crippen molar-refractivity contribution in [2.75, 3.05) is 5.32 Å². The van der Waals surface area contributed by atoms with Gasteiger partial charge in [0.2, 0.25) is 0 Å². The zero-order chi connectivity index (χ0) is 18.0. The molecule has 1 aliphatic heterocycles. The van der Waals surface area contributed by atoms with Crippen LogP contribution in [0, 0.1) is 23.6 Å². The highest BCUT2D eigenvalue weighted by molar-refractivity contribution is 6.31. The van der Waals surface area contributed by atoms with E-state index in [1.807, 2.05) is 0 Å². The number of hydrogen-bond donors (Lipinski definition) is 1. The number of hydrogen-bond acceptors (Lipinski definition) is 3. The Morgan fingerprint density at radius 1 is 1.19 bits per heavy atom. The predicted molar refractivity (Wildman–Crippen MR) is 95.6 cm³/mol. The molecule has 0 spiro atoms. The Morgan fingerprint density at radius 3 is 2.77 bits per heavy atom. The molecule has 2 fully saturated rings. The molecule has 2 saturated carbocycles. The van der Waals surface area contributed by atoms with E-state index in [1.165, 1.54) is 6.07 Å². The maximum Gasteiger partial charge on any atom is 0.129 e. The van der Waals surface area contributed by atoms with Gasteiger partial charge in [-0.25, -0.2) is 4.39 Å². The normalized spacial score (nSPS) is 31.2. The van der Waals surface area contributed by atoms with E-state index < -0.39 is 5.97 Å². The predicted octanol–water partition coefficient (Wildman–Crippen LogP) is 4.14. The first-order chi connectivity index (χ1) is 12.5. The van der Waals surface area contributed by atoms with E-state index in [0.717, 1.165) is 30.5 Å². The third-order valence-corrected chi connectivity index (χ3v) is 6.96. The van der Waals surface area contributed by atoms with Gasteiger partial charge in [-0.15, -0.1) is 0 Å². The first-order valence-electron chi connectivity index (χ1n) is 9.10. The van der Waals surface area contributed by atoms with Crippen molar-refractivity contribution < 1.29 is 14.3 Å². The van der Waals surface area contributed by atoms with Crippen LogP contribution < -0.4 is 10.4 Å². The molecule has 0 radical (unpaired) electrons. The standard InChI is InChI=1S/C21H19ClFNO2/c22-14-2-1-3-15(23)19(14)20-18-11-5-4-10(8-11)17(18)13-9-12(21(25)26)6-7-16(13)24-20/h1-3,6-7,9-11,17-18,20,24H,4-5,8H2,(H,25,26)/p-1/t10-,11+,17+,18-,20+/m0/s1. The van der Waals surface area contributed by atoms with Crippen molar-refractivity contribution >= 4 is 23.3 Å². The molecule has 2 aromatic carbocycles. The Kier molecular flexibility index (Phi) is 3.54. The molecule has 3 aliphatic rings. The Bertz CT molecular complexity index is 895. The van der Waals surface area contributed by atoms with Gasteiger partial charge in [0.1, 0.15) is 5.82 Å². The van der Waals surface area contributed by atoms with E-state index in [-0.39, 0.29) is 29.3 Å². The smallest absolute Gasteiger partial charge is 0.129 e. The highest BCUT2D eigenvalue weighted by Crippen LogP contribution is 2.64. The average molecular weight is 371 g/mol. The lowest BCUT2D eigenvalue weighted by atomic mass is 9.68. The number of aromatic carboxylic acids is 1. The van der Waals surface area contributed by atoms with Crippen molar-refractivity contribution in [3.63, 3.8) is 0 Å². The van der Waals surface area contributed by atoms with Crippen LogP contribution in [-0.2, 0) is 0 Å². The van der Waals surface area contributed by atoms with Crippen LogP contribution in [0.15, 0.2) is 36.4 Å². The van der Waals surface area contributed by atoms with E-state index in [4.69, 9.17) is 11.6 Å². The van der Waals surface area contributed by atoms with Crippen LogP contribution in [0.3, 0.4) is 0 Å². The zero-order valence-corrected chi connectivity index (χ0v) is 14.8. The molecule has 1 heterocycles. The van der Waals surface area contributed by atoms with Crippen LogP contribution in [0.1, 0.15) is 52.7 Å². The molecule has 0 aromatic heterocycles. The number of carbonyl (C=O) groups is 1. The molecule has 26 heavy (non-hydrogen) atoms. The minimum absolute atomic E-state index is 0.190. The SMILES string of the molecule is O=C([O-])c1ccc2c(c1)[C@H]1[C@H]3CC[C@H](C3)[C@@H]1[C@H](c1c(F)cccc1Cl)N2. The molecule has 0 amide bonds. The minimum Gasteiger partial charge on any atom is -0.545 e. The van der Waals surface area contributed by atoms with Gasteiger partial charge in [0.15, 0.2) is 0 Å². The summed E-state index contributed by atoms with van der Waals surface area (Å²) in [5.41, 5.74) is 2.65. The number of halogens is 2. The first kappa shape index (κ1) is 16.1. The maximum atomic E-state index is 14.7. The zero-order valence-electron chi connectivity index (χ0n) is 14.0. The molecule has 2 aromatic rings. The molecule has 2 bridgehead atoms. The molecule has 1 N–H and O–H groups in total. The van der Waals surface area contributed by atoms with Gasteiger partial charge in [0.25, 0.3) is 0 Å². The van der Waals surface area contributed by atoms with Crippen LogP contribution in [0.2, 0.25) is 5.02 Å². The number of benzene rings is 2. The van der Waals surface area contributed by atoms with Gasteiger partial charge >= 0.3 is 0 Å². The Balaban J connectivity index is 1.67. The minimum atomic E-state index is -1.16. The fourth-order valence-corrected chi connectivity index (χ4v) is 5.99. The molecule has 5 heteroatoms. The van der Waals surface area contributed by atoms with Gasteiger partial charge in [0.05, 0.1) is 12.0 Å². The lowest BCUT2D eigenvalue weighted by molar-refractivity contribution is -0.255. The molecule has 3 nitrogen and oxygen atoms in total. The fraction of sp³-hybridized carbons (Fsp3) is 0.381. The monoisotopic (exact) mass is 370 g/mol. The lowest BCUT2D eigenvalue weighted by Gasteiger charge is -2.44. The number of carbonyl (C=O) groups excluding carboxylic acids is 1. The summed E-state index contributed by atoms with van der Waals surface area (Å²) in [5, 5.41) is 15.2. The van der Waals surface area contributed by atoms with Crippen molar-refractivity contribution in [2.24, 2.45) is 17.8 Å². The van der Waals surface area contributed by atoms with Crippen LogP contribution in [0.25, 0.3) is 0 Å². The Labute approximate surface area is 156 Å². The Morgan fingerprint density at radius 2 is 2.00 bits per heavy atom. The summed E-state index contributed by atoms with van der Waals surface area (Å²) in [7, 11) is 0. The van der Waals surface area contributed by atoms with Gasteiger partial charge in [-0.1, -0.05) is 23.7 Å². The molecular weight excluding hydrogens is 353 g/mol. The van der Waals surface area contributed by atoms with Crippen LogP contribution >= 0.6 is 11.6 Å². The quantitative estimate of drug-likeness (QED) is 0.864. The number of carboxylic acid groups (broad SMARTS) is 1. The van der Waals surface area contributed by atoms with Crippen molar-refractivity contribution in [3.8, 4) is 0 Å². The van der Waals surface area contributed by atoms with E-state index in [2.05, 4.69) is 5.32 Å². The highest BCUT2D eigenvalue weighted by atomic mass is 35.5. The molecular formula is C21H18ClFNO2-. The van der Waals surface area contributed by atoms with Crippen LogP contribution in [0.4, 0.5) is 10.1 Å². The van der Waals surface area contributed by atoms with Gasteiger partial charge in [-0.2, -0.15) is 0 Å². The number of fused-ring (bicyclic) bond motifs is 7. The molecule has 0 unspecified atom stereocenters. The van der Waals surface area contributed by atoms with Crippen molar-refractivity contribution in [1.29, 1.82) is 0 Å². The maximum absolute atomic E-state index is 14.7. The number of rotatable bonds is 2. The number of carboxylic acids is 1. The molecule has 2 aliphatic carbocycles. The third kappa shape index (κ3) is 2.21. The summed E-state index contributed by atoms with van der Waals surface area (Å²) in [5.74, 6) is 0.0598. The second kappa shape index (κ2) is 5.71. The summed E-state index contributed by atoms with van der Waals surface area (Å²) in [6.07, 6.45) is 3.42. The lowest BCUT2D eigenvalue weighted by Crippen LogP contribution is -2.36. The molecule has 134 valence electrons. The summed E-state index contributed by atoms with van der Waals surface area (Å²) in [4.78, 5) is 11.3. The molecule has 5 rings (SSSR count). The average Bonchev–Trinajstić information content (AvgIpc) is 3.23. The topological polar surface area (TPSA) is 52.2 Å². The largest absolute Gasteiger partial charge is 0.545 e. The summed E-state index contributed by atoms with van der Waals surface area (Å²) < 4.78 is 14.7. The molecule has 5 atom stereocenters. The van der Waals surface area contributed by atoms with Gasteiger partial charge in [0, 0.05) is 16.3 Å². The van der Waals surface area contributed by atoms with E-state index in [1.54, 1.807) is 30.3 Å². The van der Waals surface area contributed by atoms with Gasteiger partial charge in [-0.3, -0.25) is 0 Å². The second-order valence-corrected chi connectivity index (χ2v) is 8.19. The summed E-state index contributed by atoms with van der Waals surface area (Å²) >= 11 is 6.38. The summed E-state index contributed by atoms with van der Waals surface area (Å²) in [6, 6.07) is 9.71. The van der Waals surface area contributed by atoms with E-state index in [0.29, 0.717) is 22.4 Å². The number of nitrogens with one attached hydrogen (secondary N) is 1. The Hall–Kier alpha value is -2.07. The third-order valence-electron chi connectivity index (χ3n) is 6.63. The fourth-order valence-electron chi connectivity index (χ4n) is 5.71. The summed E-state index contributed by atoms with van der Waals surface area (Å²) in [6.45, 7) is 0. The highest BCUT2D eigenvalue weighted by Gasteiger charge is 2.54. The molecule has 0 saturated heterocycles. The van der Waals surface area contributed by atoms with Crippen molar-refractivity contribution in [1.82, 2.24) is 0 Å².